The van der Waals surface area contributed by atoms with Gasteiger partial charge in [-0.1, -0.05) is 18.2 Å². The Labute approximate surface area is 123 Å². The lowest BCUT2D eigenvalue weighted by Crippen LogP contribution is -2.15. The molecule has 1 aliphatic carbocycles. The molecule has 0 unspecified atom stereocenters. The van der Waals surface area contributed by atoms with Crippen molar-refractivity contribution in [3.8, 4) is 0 Å². The summed E-state index contributed by atoms with van der Waals surface area (Å²) in [6.07, 6.45) is 3.20. The van der Waals surface area contributed by atoms with Gasteiger partial charge in [-0.2, -0.15) is 0 Å². The van der Waals surface area contributed by atoms with E-state index in [-0.39, 0.29) is 11.6 Å². The first kappa shape index (κ1) is 14.1. The van der Waals surface area contributed by atoms with Crippen molar-refractivity contribution < 1.29 is 12.8 Å². The van der Waals surface area contributed by atoms with Crippen LogP contribution in [0.4, 0.5) is 10.1 Å². The van der Waals surface area contributed by atoms with Gasteiger partial charge in [0.15, 0.2) is 0 Å². The highest BCUT2D eigenvalue weighted by Gasteiger charge is 2.15. The van der Waals surface area contributed by atoms with Crippen LogP contribution >= 0.6 is 0 Å². The quantitative estimate of drug-likeness (QED) is 0.942. The Morgan fingerprint density at radius 1 is 1.00 bits per heavy atom. The molecule has 0 spiro atoms. The smallest absolute Gasteiger partial charge is 0.236 e. The lowest BCUT2D eigenvalue weighted by Gasteiger charge is -2.10. The Morgan fingerprint density at radius 2 is 1.71 bits per heavy atom. The molecule has 0 heterocycles. The Bertz CT molecular complexity index is 754. The van der Waals surface area contributed by atoms with Gasteiger partial charge in [0.05, 0.1) is 5.75 Å². The zero-order valence-electron chi connectivity index (χ0n) is 11.5. The average molecular weight is 305 g/mol. The minimum Gasteiger partial charge on any atom is -0.283 e. The number of benzene rings is 2. The summed E-state index contributed by atoms with van der Waals surface area (Å²) in [5, 5.41) is 0. The molecule has 1 N–H and O–H groups in total. The summed E-state index contributed by atoms with van der Waals surface area (Å²) in [5.41, 5.74) is 3.68. The highest BCUT2D eigenvalue weighted by Crippen LogP contribution is 2.25. The molecule has 0 saturated carbocycles. The van der Waals surface area contributed by atoms with E-state index < -0.39 is 10.0 Å². The Morgan fingerprint density at radius 3 is 2.48 bits per heavy atom. The molecule has 0 aromatic heterocycles. The Kier molecular flexibility index (Phi) is 3.68. The van der Waals surface area contributed by atoms with Crippen LogP contribution in [0.3, 0.4) is 0 Å². The van der Waals surface area contributed by atoms with Gasteiger partial charge in [-0.15, -0.1) is 0 Å². The third-order valence-corrected chi connectivity index (χ3v) is 4.90. The molecule has 0 atom stereocenters. The normalized spacial score (nSPS) is 14.0. The van der Waals surface area contributed by atoms with Gasteiger partial charge in [0.2, 0.25) is 10.0 Å². The molecule has 3 rings (SSSR count). The second-order valence-corrected chi connectivity index (χ2v) is 7.05. The molecule has 3 nitrogen and oxygen atoms in total. The van der Waals surface area contributed by atoms with Crippen LogP contribution in [0.5, 0.6) is 0 Å². The lowest BCUT2D eigenvalue weighted by molar-refractivity contribution is 0.600. The van der Waals surface area contributed by atoms with E-state index >= 15 is 0 Å². The number of halogens is 1. The van der Waals surface area contributed by atoms with E-state index in [2.05, 4.69) is 4.72 Å². The molecule has 0 aliphatic heterocycles. The highest BCUT2D eigenvalue weighted by molar-refractivity contribution is 7.91. The fraction of sp³-hybridized carbons (Fsp3) is 0.250. The van der Waals surface area contributed by atoms with Crippen LogP contribution in [-0.2, 0) is 28.6 Å². The Balaban J connectivity index is 1.75. The largest absolute Gasteiger partial charge is 0.283 e. The van der Waals surface area contributed by atoms with Gasteiger partial charge in [0, 0.05) is 5.69 Å². The molecule has 21 heavy (non-hydrogen) atoms. The standard InChI is InChI=1S/C16H16FNO2S/c17-15-7-4-12(5-8-15)11-21(19,20)18-16-9-6-13-2-1-3-14(13)10-16/h4-10,18H,1-3,11H2. The lowest BCUT2D eigenvalue weighted by atomic mass is 10.1. The zero-order valence-corrected chi connectivity index (χ0v) is 12.3. The predicted octanol–water partition coefficient (Wildman–Crippen LogP) is 3.26. The van der Waals surface area contributed by atoms with Crippen LogP contribution in [0.15, 0.2) is 42.5 Å². The van der Waals surface area contributed by atoms with E-state index in [0.29, 0.717) is 11.3 Å². The van der Waals surface area contributed by atoms with Gasteiger partial charge in [-0.25, -0.2) is 12.8 Å². The molecular formula is C16H16FNO2S. The number of rotatable bonds is 4. The molecule has 2 aromatic carbocycles. The van der Waals surface area contributed by atoms with E-state index in [1.807, 2.05) is 12.1 Å². The third kappa shape index (κ3) is 3.42. The van der Waals surface area contributed by atoms with Crippen LogP contribution in [-0.4, -0.2) is 8.42 Å². The molecule has 2 aromatic rings. The maximum atomic E-state index is 12.8. The zero-order chi connectivity index (χ0) is 14.9. The topological polar surface area (TPSA) is 46.2 Å². The number of sulfonamides is 1. The molecule has 1 aliphatic rings. The summed E-state index contributed by atoms with van der Waals surface area (Å²) in [5.74, 6) is -0.535. The van der Waals surface area contributed by atoms with Gasteiger partial charge in [-0.05, 0) is 60.2 Å². The van der Waals surface area contributed by atoms with Crippen LogP contribution in [0.1, 0.15) is 23.1 Å². The molecule has 5 heteroatoms. The van der Waals surface area contributed by atoms with Gasteiger partial charge in [-0.3, -0.25) is 4.72 Å². The molecule has 0 saturated heterocycles. The van der Waals surface area contributed by atoms with Crippen LogP contribution < -0.4 is 4.72 Å². The summed E-state index contributed by atoms with van der Waals surface area (Å²) in [7, 11) is -3.49. The number of nitrogens with one attached hydrogen (secondary N) is 1. The van der Waals surface area contributed by atoms with Crippen molar-refractivity contribution in [1.82, 2.24) is 0 Å². The fourth-order valence-corrected chi connectivity index (χ4v) is 3.84. The maximum Gasteiger partial charge on any atom is 0.236 e. The van der Waals surface area contributed by atoms with Crippen molar-refractivity contribution in [2.45, 2.75) is 25.0 Å². The molecule has 0 fully saturated rings. The predicted molar refractivity (Wildman–Crippen MR) is 81.1 cm³/mol. The monoisotopic (exact) mass is 305 g/mol. The van der Waals surface area contributed by atoms with Gasteiger partial charge >= 0.3 is 0 Å². The van der Waals surface area contributed by atoms with Crippen molar-refractivity contribution in [3.05, 3.63) is 65.0 Å². The molecular weight excluding hydrogens is 289 g/mol. The minimum atomic E-state index is -3.49. The molecule has 0 amide bonds. The van der Waals surface area contributed by atoms with Crippen molar-refractivity contribution >= 4 is 15.7 Å². The van der Waals surface area contributed by atoms with E-state index in [1.165, 1.54) is 35.4 Å². The fourth-order valence-electron chi connectivity index (χ4n) is 2.65. The highest BCUT2D eigenvalue weighted by atomic mass is 32.2. The van der Waals surface area contributed by atoms with Crippen LogP contribution in [0.2, 0.25) is 0 Å². The van der Waals surface area contributed by atoms with Crippen LogP contribution in [0.25, 0.3) is 0 Å². The SMILES string of the molecule is O=S(=O)(Cc1ccc(F)cc1)Nc1ccc2c(c1)CCC2. The van der Waals surface area contributed by atoms with Crippen molar-refractivity contribution in [2.75, 3.05) is 4.72 Å². The molecule has 110 valence electrons. The first-order valence-electron chi connectivity index (χ1n) is 6.89. The van der Waals surface area contributed by atoms with Crippen molar-refractivity contribution in [1.29, 1.82) is 0 Å². The third-order valence-electron chi connectivity index (χ3n) is 3.64. The second kappa shape index (κ2) is 5.48. The molecule has 0 radical (unpaired) electrons. The van der Waals surface area contributed by atoms with Gasteiger partial charge in [0.1, 0.15) is 5.82 Å². The summed E-state index contributed by atoms with van der Waals surface area (Å²) < 4.78 is 39.7. The Hall–Kier alpha value is -1.88. The first-order valence-corrected chi connectivity index (χ1v) is 8.54. The number of aryl methyl sites for hydroxylation is 2. The summed E-state index contributed by atoms with van der Waals surface area (Å²) >= 11 is 0. The van der Waals surface area contributed by atoms with E-state index in [9.17, 15) is 12.8 Å². The molecule has 0 bridgehead atoms. The van der Waals surface area contributed by atoms with E-state index in [4.69, 9.17) is 0 Å². The number of fused-ring (bicyclic) bond motifs is 1. The number of hydrogen-bond donors (Lipinski definition) is 1. The van der Waals surface area contributed by atoms with Crippen LogP contribution in [0, 0.1) is 5.82 Å². The number of hydrogen-bond acceptors (Lipinski definition) is 2. The number of anilines is 1. The van der Waals surface area contributed by atoms with Crippen molar-refractivity contribution in [3.63, 3.8) is 0 Å². The van der Waals surface area contributed by atoms with E-state index in [0.717, 1.165) is 19.3 Å². The minimum absolute atomic E-state index is 0.162. The van der Waals surface area contributed by atoms with Gasteiger partial charge in [0.25, 0.3) is 0 Å². The summed E-state index contributed by atoms with van der Waals surface area (Å²) in [6, 6.07) is 11.2. The summed E-state index contributed by atoms with van der Waals surface area (Å²) in [4.78, 5) is 0. The second-order valence-electron chi connectivity index (χ2n) is 5.32. The maximum absolute atomic E-state index is 12.8. The first-order chi connectivity index (χ1) is 10.0. The summed E-state index contributed by atoms with van der Waals surface area (Å²) in [6.45, 7) is 0. The average Bonchev–Trinajstić information content (AvgIpc) is 2.88. The van der Waals surface area contributed by atoms with Crippen molar-refractivity contribution in [2.24, 2.45) is 0 Å². The van der Waals surface area contributed by atoms with Gasteiger partial charge < -0.3 is 0 Å². The van der Waals surface area contributed by atoms with E-state index in [1.54, 1.807) is 6.07 Å².